The van der Waals surface area contributed by atoms with Crippen LogP contribution in [0.15, 0.2) is 0 Å². The minimum absolute atomic E-state index is 0.223. The number of rotatable bonds is 7. The van der Waals surface area contributed by atoms with Gasteiger partial charge in [0.2, 0.25) is 5.91 Å². The summed E-state index contributed by atoms with van der Waals surface area (Å²) in [6.07, 6.45) is -0.555. The summed E-state index contributed by atoms with van der Waals surface area (Å²) in [6.45, 7) is 2.12. The van der Waals surface area contributed by atoms with E-state index in [9.17, 15) is 13.6 Å². The van der Waals surface area contributed by atoms with Crippen molar-refractivity contribution in [1.29, 1.82) is 0 Å². The Bertz CT molecular complexity index is 188. The van der Waals surface area contributed by atoms with E-state index in [1.54, 1.807) is 0 Å². The molecule has 15 heavy (non-hydrogen) atoms. The second kappa shape index (κ2) is 7.56. The lowest BCUT2D eigenvalue weighted by Gasteiger charge is -2.17. The van der Waals surface area contributed by atoms with Crippen molar-refractivity contribution < 1.29 is 13.6 Å². The molecule has 0 radical (unpaired) electrons. The van der Waals surface area contributed by atoms with Crippen molar-refractivity contribution >= 4 is 5.91 Å². The van der Waals surface area contributed by atoms with Gasteiger partial charge in [-0.05, 0) is 25.3 Å². The molecule has 3 nitrogen and oxygen atoms in total. The quantitative estimate of drug-likeness (QED) is 0.709. The molecule has 0 spiro atoms. The van der Waals surface area contributed by atoms with Crippen molar-refractivity contribution in [3.05, 3.63) is 0 Å². The molecule has 0 aromatic rings. The molecule has 0 heterocycles. The SMILES string of the molecule is CC(CCN)CCC(=O)N(C)CC(F)F. The van der Waals surface area contributed by atoms with Crippen LogP contribution in [0.3, 0.4) is 0 Å². The number of alkyl halides is 2. The molecular formula is C10H20F2N2O. The molecule has 0 bridgehead atoms. The number of hydrogen-bond acceptors (Lipinski definition) is 2. The lowest BCUT2D eigenvalue weighted by Crippen LogP contribution is -2.31. The number of hydrogen-bond donors (Lipinski definition) is 1. The number of halogens is 2. The van der Waals surface area contributed by atoms with Crippen LogP contribution in [0, 0.1) is 5.92 Å². The van der Waals surface area contributed by atoms with Crippen LogP contribution < -0.4 is 5.73 Å². The zero-order chi connectivity index (χ0) is 11.8. The molecule has 0 fully saturated rings. The second-order valence-electron chi connectivity index (χ2n) is 3.89. The van der Waals surface area contributed by atoms with Crippen molar-refractivity contribution in [1.82, 2.24) is 4.90 Å². The number of amides is 1. The van der Waals surface area contributed by atoms with Crippen LogP contribution in [0.5, 0.6) is 0 Å². The number of nitrogens with two attached hydrogens (primary N) is 1. The number of carbonyl (C=O) groups excluding carboxylic acids is 1. The minimum Gasteiger partial charge on any atom is -0.340 e. The van der Waals surface area contributed by atoms with E-state index in [2.05, 4.69) is 0 Å². The van der Waals surface area contributed by atoms with Crippen molar-refractivity contribution in [2.24, 2.45) is 11.7 Å². The summed E-state index contributed by atoms with van der Waals surface area (Å²) in [6, 6.07) is 0. The zero-order valence-electron chi connectivity index (χ0n) is 9.38. The van der Waals surface area contributed by atoms with E-state index < -0.39 is 13.0 Å². The van der Waals surface area contributed by atoms with Gasteiger partial charge in [-0.25, -0.2) is 8.78 Å². The van der Waals surface area contributed by atoms with Crippen LogP contribution in [-0.2, 0) is 4.79 Å². The fraction of sp³-hybridized carbons (Fsp3) is 0.900. The smallest absolute Gasteiger partial charge is 0.255 e. The molecule has 0 aromatic heterocycles. The van der Waals surface area contributed by atoms with E-state index in [4.69, 9.17) is 5.73 Å². The summed E-state index contributed by atoms with van der Waals surface area (Å²) < 4.78 is 23.9. The van der Waals surface area contributed by atoms with Crippen molar-refractivity contribution in [2.75, 3.05) is 20.1 Å². The average Bonchev–Trinajstić information content (AvgIpc) is 2.13. The fourth-order valence-corrected chi connectivity index (χ4v) is 1.30. The molecule has 0 saturated heterocycles. The lowest BCUT2D eigenvalue weighted by molar-refractivity contribution is -0.131. The maximum absolute atomic E-state index is 12.0. The normalized spacial score (nSPS) is 12.9. The third-order valence-corrected chi connectivity index (χ3v) is 2.35. The maximum atomic E-state index is 12.0. The van der Waals surface area contributed by atoms with Gasteiger partial charge in [-0.15, -0.1) is 0 Å². The first-order chi connectivity index (χ1) is 6.97. The minimum atomic E-state index is -2.46. The second-order valence-corrected chi connectivity index (χ2v) is 3.89. The standard InChI is InChI=1S/C10H20F2N2O/c1-8(5-6-13)3-4-10(15)14(2)7-9(11)12/h8-9H,3-7,13H2,1-2H3. The van der Waals surface area contributed by atoms with Crippen molar-refractivity contribution in [2.45, 2.75) is 32.6 Å². The van der Waals surface area contributed by atoms with E-state index in [1.165, 1.54) is 7.05 Å². The predicted octanol–water partition coefficient (Wildman–Crippen LogP) is 1.47. The molecule has 5 heteroatoms. The largest absolute Gasteiger partial charge is 0.340 e. The highest BCUT2D eigenvalue weighted by molar-refractivity contribution is 5.75. The molecule has 0 aliphatic heterocycles. The molecule has 0 rings (SSSR count). The highest BCUT2D eigenvalue weighted by Gasteiger charge is 2.14. The molecule has 0 aliphatic carbocycles. The summed E-state index contributed by atoms with van der Waals surface area (Å²) in [7, 11) is 1.40. The Morgan fingerprint density at radius 1 is 1.40 bits per heavy atom. The topological polar surface area (TPSA) is 46.3 Å². The Labute approximate surface area is 89.6 Å². The van der Waals surface area contributed by atoms with Crippen LogP contribution in [-0.4, -0.2) is 37.4 Å². The maximum Gasteiger partial charge on any atom is 0.255 e. The van der Waals surface area contributed by atoms with Crippen LogP contribution >= 0.6 is 0 Å². The molecule has 90 valence electrons. The summed E-state index contributed by atoms with van der Waals surface area (Å²) in [5.41, 5.74) is 5.37. The fourth-order valence-electron chi connectivity index (χ4n) is 1.30. The van der Waals surface area contributed by atoms with Crippen LogP contribution in [0.25, 0.3) is 0 Å². The predicted molar refractivity (Wildman–Crippen MR) is 55.7 cm³/mol. The van der Waals surface area contributed by atoms with E-state index >= 15 is 0 Å². The van der Waals surface area contributed by atoms with Gasteiger partial charge in [0, 0.05) is 13.5 Å². The first-order valence-corrected chi connectivity index (χ1v) is 5.19. The van der Waals surface area contributed by atoms with E-state index in [0.29, 0.717) is 25.3 Å². The highest BCUT2D eigenvalue weighted by Crippen LogP contribution is 2.10. The van der Waals surface area contributed by atoms with E-state index in [1.807, 2.05) is 6.92 Å². The van der Waals surface area contributed by atoms with Gasteiger partial charge in [-0.2, -0.15) is 0 Å². The first kappa shape index (κ1) is 14.3. The Morgan fingerprint density at radius 2 is 2.00 bits per heavy atom. The first-order valence-electron chi connectivity index (χ1n) is 5.19. The molecule has 1 amide bonds. The third-order valence-electron chi connectivity index (χ3n) is 2.35. The molecular weight excluding hydrogens is 202 g/mol. The van der Waals surface area contributed by atoms with Crippen LogP contribution in [0.4, 0.5) is 8.78 Å². The van der Waals surface area contributed by atoms with Gasteiger partial charge >= 0.3 is 0 Å². The molecule has 1 unspecified atom stereocenters. The Kier molecular flexibility index (Phi) is 7.21. The molecule has 2 N–H and O–H groups in total. The van der Waals surface area contributed by atoms with Gasteiger partial charge in [0.05, 0.1) is 6.54 Å². The van der Waals surface area contributed by atoms with Crippen LogP contribution in [0.2, 0.25) is 0 Å². The van der Waals surface area contributed by atoms with Crippen LogP contribution in [0.1, 0.15) is 26.2 Å². The highest BCUT2D eigenvalue weighted by atomic mass is 19.3. The van der Waals surface area contributed by atoms with Gasteiger partial charge in [0.1, 0.15) is 0 Å². The monoisotopic (exact) mass is 222 g/mol. The summed E-state index contributed by atoms with van der Waals surface area (Å²) in [4.78, 5) is 12.4. The Balaban J connectivity index is 3.72. The molecule has 0 saturated carbocycles. The van der Waals surface area contributed by atoms with E-state index in [0.717, 1.165) is 11.3 Å². The molecule has 0 aliphatic rings. The average molecular weight is 222 g/mol. The van der Waals surface area contributed by atoms with Gasteiger partial charge in [-0.3, -0.25) is 4.79 Å². The Hall–Kier alpha value is -0.710. The molecule has 1 atom stereocenters. The Morgan fingerprint density at radius 3 is 2.47 bits per heavy atom. The number of nitrogens with zero attached hydrogens (tertiary/aromatic N) is 1. The van der Waals surface area contributed by atoms with Gasteiger partial charge in [-0.1, -0.05) is 6.92 Å². The van der Waals surface area contributed by atoms with E-state index in [-0.39, 0.29) is 5.91 Å². The number of carbonyl (C=O) groups is 1. The van der Waals surface area contributed by atoms with Gasteiger partial charge < -0.3 is 10.6 Å². The van der Waals surface area contributed by atoms with Crippen molar-refractivity contribution in [3.8, 4) is 0 Å². The van der Waals surface area contributed by atoms with Gasteiger partial charge in [0.15, 0.2) is 0 Å². The summed E-state index contributed by atoms with van der Waals surface area (Å²) in [5.74, 6) is 0.151. The van der Waals surface area contributed by atoms with Crippen molar-refractivity contribution in [3.63, 3.8) is 0 Å². The van der Waals surface area contributed by atoms with Gasteiger partial charge in [0.25, 0.3) is 6.43 Å². The lowest BCUT2D eigenvalue weighted by atomic mass is 10.0. The third kappa shape index (κ3) is 7.25. The molecule has 0 aromatic carbocycles. The zero-order valence-corrected chi connectivity index (χ0v) is 9.38. The summed E-state index contributed by atoms with van der Waals surface area (Å²) >= 11 is 0. The summed E-state index contributed by atoms with van der Waals surface area (Å²) in [5, 5.41) is 0.